The number of hydrogen-bond donors (Lipinski definition) is 1. The molecule has 0 aliphatic heterocycles. The van der Waals surface area contributed by atoms with Crippen molar-refractivity contribution in [3.8, 4) is 6.07 Å². The summed E-state index contributed by atoms with van der Waals surface area (Å²) >= 11 is 0. The molecule has 18 heavy (non-hydrogen) atoms. The normalized spacial score (nSPS) is 9.56. The predicted molar refractivity (Wildman–Crippen MR) is 68.1 cm³/mol. The standard InChI is InChI=1S/C14H11N3O/c1-10-4-3-7-16-13(10)14(18)17-12-6-2-5-11(8-12)9-15/h2-8H,1H3,(H,17,18). The molecule has 1 amide bonds. The molecule has 4 nitrogen and oxygen atoms in total. The molecule has 0 fully saturated rings. The molecule has 1 aromatic carbocycles. The van der Waals surface area contributed by atoms with Crippen LogP contribution in [0, 0.1) is 18.3 Å². The second-order valence-electron chi connectivity index (χ2n) is 3.82. The summed E-state index contributed by atoms with van der Waals surface area (Å²) in [6.45, 7) is 1.83. The predicted octanol–water partition coefficient (Wildman–Crippen LogP) is 2.51. The Morgan fingerprint density at radius 3 is 2.89 bits per heavy atom. The van der Waals surface area contributed by atoms with Gasteiger partial charge in [-0.05, 0) is 36.8 Å². The summed E-state index contributed by atoms with van der Waals surface area (Å²) in [5.41, 5.74) is 2.29. The number of pyridine rings is 1. The molecule has 0 radical (unpaired) electrons. The van der Waals surface area contributed by atoms with E-state index in [0.717, 1.165) is 5.56 Å². The van der Waals surface area contributed by atoms with Crippen LogP contribution in [0.2, 0.25) is 0 Å². The van der Waals surface area contributed by atoms with Crippen molar-refractivity contribution in [3.63, 3.8) is 0 Å². The Labute approximate surface area is 105 Å². The first-order chi connectivity index (χ1) is 8.70. The van der Waals surface area contributed by atoms with Gasteiger partial charge >= 0.3 is 0 Å². The second kappa shape index (κ2) is 5.11. The van der Waals surface area contributed by atoms with Gasteiger partial charge in [0.2, 0.25) is 0 Å². The highest BCUT2D eigenvalue weighted by molar-refractivity contribution is 6.03. The van der Waals surface area contributed by atoms with Crippen molar-refractivity contribution in [1.82, 2.24) is 4.98 Å². The van der Waals surface area contributed by atoms with E-state index in [-0.39, 0.29) is 5.91 Å². The Kier molecular flexibility index (Phi) is 3.35. The summed E-state index contributed by atoms with van der Waals surface area (Å²) in [7, 11) is 0. The molecule has 0 atom stereocenters. The number of aromatic nitrogens is 1. The van der Waals surface area contributed by atoms with E-state index in [2.05, 4.69) is 10.3 Å². The van der Waals surface area contributed by atoms with Gasteiger partial charge < -0.3 is 5.32 Å². The first-order valence-corrected chi connectivity index (χ1v) is 5.44. The van der Waals surface area contributed by atoms with Crippen LogP contribution < -0.4 is 5.32 Å². The zero-order valence-electron chi connectivity index (χ0n) is 9.84. The maximum atomic E-state index is 12.0. The van der Waals surface area contributed by atoms with Gasteiger partial charge in [-0.25, -0.2) is 0 Å². The molecule has 2 aromatic rings. The Morgan fingerprint density at radius 2 is 2.17 bits per heavy atom. The van der Waals surface area contributed by atoms with Crippen molar-refractivity contribution < 1.29 is 4.79 Å². The number of nitriles is 1. The van der Waals surface area contributed by atoms with Crippen molar-refractivity contribution in [2.45, 2.75) is 6.92 Å². The molecule has 1 aromatic heterocycles. The van der Waals surface area contributed by atoms with Crippen molar-refractivity contribution in [1.29, 1.82) is 5.26 Å². The number of rotatable bonds is 2. The van der Waals surface area contributed by atoms with Crippen LogP contribution in [-0.4, -0.2) is 10.9 Å². The molecule has 0 unspecified atom stereocenters. The number of carbonyl (C=O) groups excluding carboxylic acids is 1. The zero-order valence-corrected chi connectivity index (χ0v) is 9.84. The van der Waals surface area contributed by atoms with Crippen molar-refractivity contribution >= 4 is 11.6 Å². The fraction of sp³-hybridized carbons (Fsp3) is 0.0714. The Hall–Kier alpha value is -2.67. The molecule has 1 heterocycles. The number of anilines is 1. The molecule has 0 saturated carbocycles. The van der Waals surface area contributed by atoms with Crippen LogP contribution in [0.25, 0.3) is 0 Å². The lowest BCUT2D eigenvalue weighted by molar-refractivity contribution is 0.102. The smallest absolute Gasteiger partial charge is 0.274 e. The van der Waals surface area contributed by atoms with E-state index >= 15 is 0 Å². The van der Waals surface area contributed by atoms with Crippen molar-refractivity contribution in [2.75, 3.05) is 5.32 Å². The van der Waals surface area contributed by atoms with Gasteiger partial charge in [0.05, 0.1) is 11.6 Å². The van der Waals surface area contributed by atoms with Gasteiger partial charge in [0.15, 0.2) is 0 Å². The lowest BCUT2D eigenvalue weighted by Gasteiger charge is -2.06. The highest BCUT2D eigenvalue weighted by Gasteiger charge is 2.10. The van der Waals surface area contributed by atoms with E-state index in [1.165, 1.54) is 0 Å². The van der Waals surface area contributed by atoms with Crippen LogP contribution in [0.5, 0.6) is 0 Å². The molecule has 0 aliphatic carbocycles. The van der Waals surface area contributed by atoms with Crippen LogP contribution in [-0.2, 0) is 0 Å². The number of amides is 1. The van der Waals surface area contributed by atoms with E-state index in [0.29, 0.717) is 16.9 Å². The van der Waals surface area contributed by atoms with E-state index in [4.69, 9.17) is 5.26 Å². The van der Waals surface area contributed by atoms with Crippen LogP contribution >= 0.6 is 0 Å². The third kappa shape index (κ3) is 2.53. The molecule has 0 spiro atoms. The van der Waals surface area contributed by atoms with E-state index in [1.807, 2.05) is 19.1 Å². The largest absolute Gasteiger partial charge is 0.321 e. The van der Waals surface area contributed by atoms with Gasteiger partial charge in [-0.1, -0.05) is 12.1 Å². The Morgan fingerprint density at radius 1 is 1.33 bits per heavy atom. The van der Waals surface area contributed by atoms with Crippen LogP contribution in [0.3, 0.4) is 0 Å². The maximum Gasteiger partial charge on any atom is 0.274 e. The van der Waals surface area contributed by atoms with Gasteiger partial charge in [-0.15, -0.1) is 0 Å². The van der Waals surface area contributed by atoms with Gasteiger partial charge in [0.25, 0.3) is 5.91 Å². The SMILES string of the molecule is Cc1cccnc1C(=O)Nc1cccc(C#N)c1. The molecule has 1 N–H and O–H groups in total. The van der Waals surface area contributed by atoms with E-state index < -0.39 is 0 Å². The van der Waals surface area contributed by atoms with Gasteiger partial charge in [-0.2, -0.15) is 5.26 Å². The number of benzene rings is 1. The third-order valence-corrected chi connectivity index (χ3v) is 2.47. The third-order valence-electron chi connectivity index (χ3n) is 2.47. The summed E-state index contributed by atoms with van der Waals surface area (Å²) in [5, 5.41) is 11.5. The Bertz CT molecular complexity index is 629. The molecule has 88 valence electrons. The lowest BCUT2D eigenvalue weighted by atomic mass is 10.2. The van der Waals surface area contributed by atoms with Gasteiger partial charge in [0.1, 0.15) is 5.69 Å². The first-order valence-electron chi connectivity index (χ1n) is 5.44. The Balaban J connectivity index is 2.22. The average molecular weight is 237 g/mol. The number of hydrogen-bond acceptors (Lipinski definition) is 3. The van der Waals surface area contributed by atoms with Crippen molar-refractivity contribution in [3.05, 3.63) is 59.4 Å². The molecular formula is C14H11N3O. The lowest BCUT2D eigenvalue weighted by Crippen LogP contribution is -2.15. The molecule has 0 bridgehead atoms. The fourth-order valence-corrected chi connectivity index (χ4v) is 1.58. The molecule has 0 saturated heterocycles. The highest BCUT2D eigenvalue weighted by atomic mass is 16.1. The molecule has 2 rings (SSSR count). The zero-order chi connectivity index (χ0) is 13.0. The van der Waals surface area contributed by atoms with Gasteiger partial charge in [0, 0.05) is 11.9 Å². The van der Waals surface area contributed by atoms with Crippen LogP contribution in [0.15, 0.2) is 42.6 Å². The second-order valence-corrected chi connectivity index (χ2v) is 3.82. The summed E-state index contributed by atoms with van der Waals surface area (Å²) in [5.74, 6) is -0.275. The maximum absolute atomic E-state index is 12.0. The number of aryl methyl sites for hydroxylation is 1. The average Bonchev–Trinajstić information content (AvgIpc) is 2.39. The molecule has 4 heteroatoms. The van der Waals surface area contributed by atoms with Crippen LogP contribution in [0.1, 0.15) is 21.6 Å². The summed E-state index contributed by atoms with van der Waals surface area (Å²) in [6.07, 6.45) is 1.58. The minimum atomic E-state index is -0.275. The van der Waals surface area contributed by atoms with E-state index in [1.54, 1.807) is 36.5 Å². The highest BCUT2D eigenvalue weighted by Crippen LogP contribution is 2.12. The molecular weight excluding hydrogens is 226 g/mol. The number of nitrogens with one attached hydrogen (secondary N) is 1. The minimum absolute atomic E-state index is 0.275. The van der Waals surface area contributed by atoms with Gasteiger partial charge in [-0.3, -0.25) is 9.78 Å². The van der Waals surface area contributed by atoms with Crippen LogP contribution in [0.4, 0.5) is 5.69 Å². The summed E-state index contributed by atoms with van der Waals surface area (Å²) in [6, 6.07) is 12.4. The molecule has 0 aliphatic rings. The van der Waals surface area contributed by atoms with E-state index in [9.17, 15) is 4.79 Å². The minimum Gasteiger partial charge on any atom is -0.321 e. The van der Waals surface area contributed by atoms with Crippen molar-refractivity contribution in [2.24, 2.45) is 0 Å². The fourth-order valence-electron chi connectivity index (χ4n) is 1.58. The summed E-state index contributed by atoms with van der Waals surface area (Å²) in [4.78, 5) is 16.0. The summed E-state index contributed by atoms with van der Waals surface area (Å²) < 4.78 is 0. The quantitative estimate of drug-likeness (QED) is 0.872. The number of nitrogens with zero attached hydrogens (tertiary/aromatic N) is 2. The topological polar surface area (TPSA) is 65.8 Å². The monoisotopic (exact) mass is 237 g/mol. The number of carbonyl (C=O) groups is 1. The first kappa shape index (κ1) is 11.8.